The Balaban J connectivity index is 0.000000302. The van der Waals surface area contributed by atoms with Gasteiger partial charge in [0.05, 0.1) is 19.8 Å². The first-order chi connectivity index (χ1) is 18.3. The molecular weight excluding hydrogens is 490 g/mol. The van der Waals surface area contributed by atoms with Gasteiger partial charge in [-0.25, -0.2) is 0 Å². The summed E-state index contributed by atoms with van der Waals surface area (Å²) in [6.07, 6.45) is 7.33. The number of hydrogen-bond donors (Lipinski definition) is 0. The minimum atomic E-state index is 0.573. The Morgan fingerprint density at radius 3 is 2.37 bits per heavy atom. The number of ether oxygens (including phenoxy) is 2. The third-order valence-corrected chi connectivity index (χ3v) is 8.03. The molecule has 0 radical (unpaired) electrons. The summed E-state index contributed by atoms with van der Waals surface area (Å²) in [6, 6.07) is 15.6. The first kappa shape index (κ1) is 32.6. The number of hydrogen-bond acceptors (Lipinski definition) is 3. The van der Waals surface area contributed by atoms with Crippen LogP contribution in [0.2, 0.25) is 5.02 Å². The predicted molar refractivity (Wildman–Crippen MR) is 164 cm³/mol. The molecular formula is C34H52ClNO2. The van der Waals surface area contributed by atoms with Gasteiger partial charge in [-0.2, -0.15) is 0 Å². The zero-order chi connectivity index (χ0) is 27.9. The second-order valence-corrected chi connectivity index (χ2v) is 11.3. The highest BCUT2D eigenvalue weighted by Gasteiger charge is 2.26. The second-order valence-electron chi connectivity index (χ2n) is 10.9. The van der Waals surface area contributed by atoms with Crippen LogP contribution in [0.1, 0.15) is 95.4 Å². The van der Waals surface area contributed by atoms with Gasteiger partial charge in [0.25, 0.3) is 0 Å². The van der Waals surface area contributed by atoms with Gasteiger partial charge >= 0.3 is 0 Å². The number of rotatable bonds is 8. The maximum atomic E-state index is 6.00. The highest BCUT2D eigenvalue weighted by molar-refractivity contribution is 6.31. The molecule has 3 nitrogen and oxygen atoms in total. The van der Waals surface area contributed by atoms with E-state index in [4.69, 9.17) is 21.1 Å². The fourth-order valence-corrected chi connectivity index (χ4v) is 5.30. The van der Waals surface area contributed by atoms with E-state index >= 15 is 0 Å². The average molecular weight is 542 g/mol. The van der Waals surface area contributed by atoms with Crippen LogP contribution >= 0.6 is 11.6 Å². The molecule has 2 aromatic carbocycles. The Morgan fingerprint density at radius 1 is 0.974 bits per heavy atom. The molecule has 0 saturated carbocycles. The standard InChI is InChI=1S/C21H31NO2.C10H13Cl.C3H8/c1-16-8-9-22(14-17(16)2)21-7-6-19-5-4-18(12-20(19)13-21)15-24-11-10-23-3;1-3-8(2)9-6-4-5-7-10(9)11;1-3-2/h4-5,12,21H,6-11,13-15H2,1-3H3;4-8H,3H2,1-2H3;3H2,1-2H3. The van der Waals surface area contributed by atoms with Crippen LogP contribution in [0.3, 0.4) is 0 Å². The summed E-state index contributed by atoms with van der Waals surface area (Å²) in [6.45, 7) is 17.6. The van der Waals surface area contributed by atoms with Crippen molar-refractivity contribution in [2.75, 3.05) is 33.4 Å². The molecule has 2 aliphatic rings. The lowest BCUT2D eigenvalue weighted by molar-refractivity contribution is 0.0616. The molecule has 38 heavy (non-hydrogen) atoms. The summed E-state index contributed by atoms with van der Waals surface area (Å²) in [5.41, 5.74) is 8.79. The fourth-order valence-electron chi connectivity index (χ4n) is 4.97. The highest BCUT2D eigenvalue weighted by Crippen LogP contribution is 2.29. The summed E-state index contributed by atoms with van der Waals surface area (Å²) in [5.74, 6) is 0.573. The molecule has 1 aliphatic carbocycles. The van der Waals surface area contributed by atoms with E-state index in [-0.39, 0.29) is 0 Å². The van der Waals surface area contributed by atoms with Gasteiger partial charge in [-0.05, 0) is 80.2 Å². The van der Waals surface area contributed by atoms with Crippen molar-refractivity contribution >= 4 is 11.6 Å². The third-order valence-electron chi connectivity index (χ3n) is 7.68. The van der Waals surface area contributed by atoms with Crippen molar-refractivity contribution in [2.45, 2.75) is 98.6 Å². The van der Waals surface area contributed by atoms with E-state index in [1.807, 2.05) is 18.2 Å². The summed E-state index contributed by atoms with van der Waals surface area (Å²) in [4.78, 5) is 2.70. The number of aryl methyl sites for hydroxylation is 1. The molecule has 4 heteroatoms. The zero-order valence-electron chi connectivity index (χ0n) is 25.1. The largest absolute Gasteiger partial charge is 0.382 e. The molecule has 0 N–H and O–H groups in total. The lowest BCUT2D eigenvalue weighted by Gasteiger charge is -2.38. The first-order valence-corrected chi connectivity index (χ1v) is 15.0. The highest BCUT2D eigenvalue weighted by atomic mass is 35.5. The van der Waals surface area contributed by atoms with Crippen LogP contribution in [0.4, 0.5) is 0 Å². The van der Waals surface area contributed by atoms with Crippen molar-refractivity contribution < 1.29 is 9.47 Å². The molecule has 2 aromatic rings. The van der Waals surface area contributed by atoms with Crippen LogP contribution in [0.15, 0.2) is 53.6 Å². The van der Waals surface area contributed by atoms with E-state index in [1.165, 1.54) is 60.9 Å². The molecule has 1 aliphatic heterocycles. The van der Waals surface area contributed by atoms with Crippen molar-refractivity contribution in [3.8, 4) is 0 Å². The number of methoxy groups -OCH3 is 1. The van der Waals surface area contributed by atoms with Crippen molar-refractivity contribution in [2.24, 2.45) is 0 Å². The van der Waals surface area contributed by atoms with Crippen LogP contribution in [0.25, 0.3) is 0 Å². The number of fused-ring (bicyclic) bond motifs is 1. The first-order valence-electron chi connectivity index (χ1n) is 14.6. The van der Waals surface area contributed by atoms with E-state index < -0.39 is 0 Å². The van der Waals surface area contributed by atoms with Crippen molar-refractivity contribution in [3.05, 3.63) is 80.9 Å². The number of halogens is 1. The Bertz CT molecular complexity index is 986. The van der Waals surface area contributed by atoms with Crippen molar-refractivity contribution in [1.82, 2.24) is 4.90 Å². The SMILES string of the molecule is CCC.CCC(C)c1ccccc1Cl.COCCOCc1ccc2c(c1)CC(N1CCC(C)=C(C)C1)CC2. The molecule has 0 amide bonds. The average Bonchev–Trinajstić information content (AvgIpc) is 2.93. The van der Waals surface area contributed by atoms with Gasteiger partial charge in [0, 0.05) is 31.3 Å². The van der Waals surface area contributed by atoms with Crippen molar-refractivity contribution in [3.63, 3.8) is 0 Å². The summed E-state index contributed by atoms with van der Waals surface area (Å²) in [7, 11) is 1.71. The lowest BCUT2D eigenvalue weighted by Crippen LogP contribution is -2.42. The van der Waals surface area contributed by atoms with Crippen LogP contribution in [-0.2, 0) is 28.9 Å². The van der Waals surface area contributed by atoms with Gasteiger partial charge in [0.1, 0.15) is 0 Å². The molecule has 1 heterocycles. The molecule has 0 spiro atoms. The maximum Gasteiger partial charge on any atom is 0.0718 e. The van der Waals surface area contributed by atoms with E-state index in [0.29, 0.717) is 31.8 Å². The minimum Gasteiger partial charge on any atom is -0.382 e. The zero-order valence-corrected chi connectivity index (χ0v) is 25.9. The predicted octanol–water partition coefficient (Wildman–Crippen LogP) is 9.02. The monoisotopic (exact) mass is 541 g/mol. The Labute approximate surface area is 238 Å². The van der Waals surface area contributed by atoms with Gasteiger partial charge in [-0.1, -0.05) is 93.3 Å². The van der Waals surface area contributed by atoms with Crippen LogP contribution in [-0.4, -0.2) is 44.4 Å². The van der Waals surface area contributed by atoms with E-state index in [2.05, 4.69) is 70.7 Å². The van der Waals surface area contributed by atoms with Gasteiger partial charge in [-0.3, -0.25) is 4.90 Å². The van der Waals surface area contributed by atoms with Crippen molar-refractivity contribution in [1.29, 1.82) is 0 Å². The van der Waals surface area contributed by atoms with Gasteiger partial charge in [0.15, 0.2) is 0 Å². The molecule has 0 saturated heterocycles. The summed E-state index contributed by atoms with van der Waals surface area (Å²) in [5, 5.41) is 0.891. The Hall–Kier alpha value is -1.65. The van der Waals surface area contributed by atoms with E-state index in [9.17, 15) is 0 Å². The van der Waals surface area contributed by atoms with Gasteiger partial charge in [0.2, 0.25) is 0 Å². The summed E-state index contributed by atoms with van der Waals surface area (Å²) < 4.78 is 10.7. The van der Waals surface area contributed by atoms with E-state index in [0.717, 1.165) is 18.0 Å². The second kappa shape index (κ2) is 17.8. The normalized spacial score (nSPS) is 18.1. The van der Waals surface area contributed by atoms with Gasteiger partial charge in [-0.15, -0.1) is 0 Å². The van der Waals surface area contributed by atoms with E-state index in [1.54, 1.807) is 18.3 Å². The fraction of sp³-hybridized carbons (Fsp3) is 0.588. The Kier molecular flexibility index (Phi) is 15.3. The topological polar surface area (TPSA) is 21.7 Å². The number of nitrogens with zero attached hydrogens (tertiary/aromatic N) is 1. The Morgan fingerprint density at radius 2 is 1.71 bits per heavy atom. The quantitative estimate of drug-likeness (QED) is 0.246. The van der Waals surface area contributed by atoms with Crippen LogP contribution in [0.5, 0.6) is 0 Å². The van der Waals surface area contributed by atoms with Crippen LogP contribution in [0, 0.1) is 0 Å². The molecule has 212 valence electrons. The minimum absolute atomic E-state index is 0.573. The third kappa shape index (κ3) is 10.5. The summed E-state index contributed by atoms with van der Waals surface area (Å²) >= 11 is 6.00. The smallest absolute Gasteiger partial charge is 0.0718 e. The molecule has 4 rings (SSSR count). The lowest BCUT2D eigenvalue weighted by atomic mass is 9.85. The van der Waals surface area contributed by atoms with Gasteiger partial charge < -0.3 is 9.47 Å². The maximum absolute atomic E-state index is 6.00. The molecule has 0 aromatic heterocycles. The number of benzene rings is 2. The molecule has 2 unspecified atom stereocenters. The van der Waals surface area contributed by atoms with Crippen LogP contribution < -0.4 is 0 Å². The molecule has 0 bridgehead atoms. The molecule has 0 fully saturated rings. The molecule has 2 atom stereocenters.